The van der Waals surface area contributed by atoms with Gasteiger partial charge in [0.05, 0.1) is 23.6 Å². The van der Waals surface area contributed by atoms with Crippen LogP contribution in [-0.2, 0) is 13.1 Å². The summed E-state index contributed by atoms with van der Waals surface area (Å²) in [7, 11) is 0. The Labute approximate surface area is 172 Å². The predicted octanol–water partition coefficient (Wildman–Crippen LogP) is 4.40. The van der Waals surface area contributed by atoms with Crippen LogP contribution in [0.1, 0.15) is 43.3 Å². The molecule has 0 aliphatic heterocycles. The summed E-state index contributed by atoms with van der Waals surface area (Å²) in [6.07, 6.45) is 4.89. The second kappa shape index (κ2) is 8.25. The molecule has 29 heavy (non-hydrogen) atoms. The first-order chi connectivity index (χ1) is 14.1. The molecule has 0 aliphatic rings. The Hall–Kier alpha value is -2.86. The highest BCUT2D eigenvalue weighted by molar-refractivity contribution is 5.74. The number of fused-ring (bicyclic) bond motifs is 1. The van der Waals surface area contributed by atoms with E-state index < -0.39 is 0 Å². The van der Waals surface area contributed by atoms with Crippen LogP contribution in [0.25, 0.3) is 16.9 Å². The summed E-state index contributed by atoms with van der Waals surface area (Å²) in [5.74, 6) is 1.13. The van der Waals surface area contributed by atoms with Crippen molar-refractivity contribution < 1.29 is 0 Å². The van der Waals surface area contributed by atoms with Crippen molar-refractivity contribution in [3.05, 3.63) is 65.9 Å². The van der Waals surface area contributed by atoms with E-state index in [4.69, 9.17) is 0 Å². The Morgan fingerprint density at radius 2 is 1.93 bits per heavy atom. The Morgan fingerprint density at radius 3 is 2.76 bits per heavy atom. The number of imidazole rings is 1. The molecule has 6 heteroatoms. The van der Waals surface area contributed by atoms with Gasteiger partial charge in [-0.15, -0.1) is 0 Å². The Bertz CT molecular complexity index is 1100. The zero-order valence-electron chi connectivity index (χ0n) is 17.8. The Balaban J connectivity index is 1.36. The zero-order chi connectivity index (χ0) is 20.4. The van der Waals surface area contributed by atoms with Gasteiger partial charge < -0.3 is 14.5 Å². The number of rotatable bonds is 8. The van der Waals surface area contributed by atoms with E-state index in [2.05, 4.69) is 87.2 Å². The largest absolute Gasteiger partial charge is 0.331 e. The number of para-hydroxylation sites is 2. The quantitative estimate of drug-likeness (QED) is 0.454. The lowest BCUT2D eigenvalue weighted by molar-refractivity contribution is 0.519. The maximum absolute atomic E-state index is 4.49. The molecule has 0 bridgehead atoms. The average molecular weight is 391 g/mol. The van der Waals surface area contributed by atoms with Crippen molar-refractivity contribution in [3.63, 3.8) is 0 Å². The van der Waals surface area contributed by atoms with E-state index in [0.717, 1.165) is 37.4 Å². The van der Waals surface area contributed by atoms with Crippen LogP contribution in [-0.4, -0.2) is 30.4 Å². The normalized spacial score (nSPS) is 11.8. The number of hydrogen-bond acceptors (Lipinski definition) is 3. The fourth-order valence-corrected chi connectivity index (χ4v) is 4.03. The number of hydrogen-bond donors (Lipinski definition) is 1. The molecule has 1 N–H and O–H groups in total. The van der Waals surface area contributed by atoms with Gasteiger partial charge in [-0.1, -0.05) is 12.1 Å². The summed E-state index contributed by atoms with van der Waals surface area (Å²) >= 11 is 0. The maximum atomic E-state index is 4.49. The van der Waals surface area contributed by atoms with Crippen molar-refractivity contribution in [2.75, 3.05) is 6.54 Å². The molecule has 4 rings (SSSR count). The summed E-state index contributed by atoms with van der Waals surface area (Å²) in [6, 6.07) is 13.0. The molecule has 0 saturated carbocycles. The van der Waals surface area contributed by atoms with Crippen LogP contribution < -0.4 is 5.32 Å². The molecular weight excluding hydrogens is 360 g/mol. The van der Waals surface area contributed by atoms with Gasteiger partial charge in [-0.25, -0.2) is 9.67 Å². The number of benzene rings is 1. The first-order valence-electron chi connectivity index (χ1n) is 10.4. The molecule has 152 valence electrons. The minimum absolute atomic E-state index is 0.335. The molecule has 0 saturated heterocycles. The van der Waals surface area contributed by atoms with Gasteiger partial charge >= 0.3 is 0 Å². The smallest absolute Gasteiger partial charge is 0.135 e. The molecule has 0 radical (unpaired) electrons. The Kier molecular flexibility index (Phi) is 5.53. The number of nitrogens with zero attached hydrogens (tertiary/aromatic N) is 5. The van der Waals surface area contributed by atoms with Crippen LogP contribution >= 0.6 is 0 Å². The first-order valence-corrected chi connectivity index (χ1v) is 10.4. The summed E-state index contributed by atoms with van der Waals surface area (Å²) in [5, 5.41) is 8.10. The molecule has 6 nitrogen and oxygen atoms in total. The third-order valence-corrected chi connectivity index (χ3v) is 5.50. The van der Waals surface area contributed by atoms with E-state index in [1.807, 2.05) is 18.6 Å². The van der Waals surface area contributed by atoms with E-state index in [1.54, 1.807) is 0 Å². The van der Waals surface area contributed by atoms with Gasteiger partial charge in [0.25, 0.3) is 0 Å². The second-order valence-electron chi connectivity index (χ2n) is 7.92. The fraction of sp³-hybridized carbons (Fsp3) is 0.391. The minimum Gasteiger partial charge on any atom is -0.331 e. The van der Waals surface area contributed by atoms with E-state index >= 15 is 0 Å². The lowest BCUT2D eigenvalue weighted by Crippen LogP contribution is -2.17. The van der Waals surface area contributed by atoms with Gasteiger partial charge in [-0.3, -0.25) is 0 Å². The van der Waals surface area contributed by atoms with Crippen LogP contribution in [0.15, 0.2) is 48.9 Å². The molecule has 0 fully saturated rings. The zero-order valence-corrected chi connectivity index (χ0v) is 17.8. The monoisotopic (exact) mass is 390 g/mol. The van der Waals surface area contributed by atoms with Crippen LogP contribution in [0.3, 0.4) is 0 Å². The Morgan fingerprint density at radius 1 is 1.10 bits per heavy atom. The molecule has 0 aliphatic carbocycles. The molecule has 1 aromatic carbocycles. The van der Waals surface area contributed by atoms with Gasteiger partial charge in [0, 0.05) is 36.6 Å². The molecule has 3 aromatic heterocycles. The number of nitrogens with one attached hydrogen (secondary N) is 1. The predicted molar refractivity (Wildman–Crippen MR) is 117 cm³/mol. The average Bonchev–Trinajstić information content (AvgIpc) is 3.40. The van der Waals surface area contributed by atoms with Crippen molar-refractivity contribution in [1.29, 1.82) is 0 Å². The van der Waals surface area contributed by atoms with Gasteiger partial charge in [-0.05, 0) is 64.4 Å². The van der Waals surface area contributed by atoms with Crippen LogP contribution in [0, 0.1) is 13.8 Å². The van der Waals surface area contributed by atoms with Gasteiger partial charge in [0.2, 0.25) is 0 Å². The van der Waals surface area contributed by atoms with Crippen LogP contribution in [0.2, 0.25) is 0 Å². The summed E-state index contributed by atoms with van der Waals surface area (Å²) < 4.78 is 6.62. The lowest BCUT2D eigenvalue weighted by atomic mass is 10.2. The fourth-order valence-electron chi connectivity index (χ4n) is 4.03. The highest BCUT2D eigenvalue weighted by atomic mass is 15.3. The molecule has 4 aromatic rings. The van der Waals surface area contributed by atoms with Crippen molar-refractivity contribution in [3.8, 4) is 5.82 Å². The molecule has 3 heterocycles. The summed E-state index contributed by atoms with van der Waals surface area (Å²) in [6.45, 7) is 11.5. The third-order valence-electron chi connectivity index (χ3n) is 5.50. The minimum atomic E-state index is 0.335. The maximum Gasteiger partial charge on any atom is 0.135 e. The van der Waals surface area contributed by atoms with E-state index in [9.17, 15) is 0 Å². The highest BCUT2D eigenvalue weighted by Crippen LogP contribution is 2.22. The second-order valence-corrected chi connectivity index (χ2v) is 7.92. The van der Waals surface area contributed by atoms with Crippen molar-refractivity contribution in [1.82, 2.24) is 29.2 Å². The van der Waals surface area contributed by atoms with Gasteiger partial charge in [0.15, 0.2) is 0 Å². The van der Waals surface area contributed by atoms with Crippen LogP contribution in [0.4, 0.5) is 0 Å². The van der Waals surface area contributed by atoms with E-state index in [0.29, 0.717) is 6.04 Å². The molecule has 0 atom stereocenters. The molecule has 0 amide bonds. The van der Waals surface area contributed by atoms with E-state index in [1.165, 1.54) is 22.5 Å². The van der Waals surface area contributed by atoms with Gasteiger partial charge in [-0.2, -0.15) is 5.10 Å². The standard InChI is InChI=1S/C23H30N6/c1-17(2)29-23(10-12-26-29)28-18(3)14-20(19(28)4)15-24-11-7-13-27-16-25-21-8-5-6-9-22(21)27/h5-6,8-10,12,14,16-17,24H,7,11,13,15H2,1-4H3. The van der Waals surface area contributed by atoms with E-state index in [-0.39, 0.29) is 0 Å². The van der Waals surface area contributed by atoms with Crippen molar-refractivity contribution in [2.24, 2.45) is 0 Å². The number of aromatic nitrogens is 5. The van der Waals surface area contributed by atoms with Crippen LogP contribution in [0.5, 0.6) is 0 Å². The van der Waals surface area contributed by atoms with Crippen molar-refractivity contribution in [2.45, 2.75) is 53.2 Å². The molecule has 0 unspecified atom stereocenters. The molecular formula is C23H30N6. The number of aryl methyl sites for hydroxylation is 2. The topological polar surface area (TPSA) is 52.6 Å². The van der Waals surface area contributed by atoms with Gasteiger partial charge in [0.1, 0.15) is 5.82 Å². The molecule has 0 spiro atoms. The third kappa shape index (κ3) is 3.85. The lowest BCUT2D eigenvalue weighted by Gasteiger charge is -2.15. The van der Waals surface area contributed by atoms with Crippen molar-refractivity contribution >= 4 is 11.0 Å². The highest BCUT2D eigenvalue weighted by Gasteiger charge is 2.15. The first kappa shape index (κ1) is 19.5. The summed E-state index contributed by atoms with van der Waals surface area (Å²) in [5.41, 5.74) is 6.13. The SMILES string of the molecule is Cc1cc(CNCCCn2cnc3ccccc32)c(C)n1-c1ccnn1C(C)C. The summed E-state index contributed by atoms with van der Waals surface area (Å²) in [4.78, 5) is 4.47.